The maximum absolute atomic E-state index is 5.92. The molecule has 1 aromatic heterocycles. The van der Waals surface area contributed by atoms with Crippen LogP contribution >= 0.6 is 0 Å². The SMILES string of the molecule is COc1cc(-c2ccn(C3CCN(C4CCN(C)CC4)CC3)n2)ccc1N. The molecule has 1 aromatic carbocycles. The number of hydrogen-bond donors (Lipinski definition) is 1. The molecule has 146 valence electrons. The van der Waals surface area contributed by atoms with Crippen LogP contribution in [0.2, 0.25) is 0 Å². The van der Waals surface area contributed by atoms with Gasteiger partial charge in [-0.2, -0.15) is 5.10 Å². The first-order chi connectivity index (χ1) is 13.1. The van der Waals surface area contributed by atoms with Crippen molar-refractivity contribution in [3.8, 4) is 17.0 Å². The van der Waals surface area contributed by atoms with Gasteiger partial charge in [-0.05, 0) is 64.0 Å². The van der Waals surface area contributed by atoms with Crippen LogP contribution in [-0.2, 0) is 0 Å². The molecule has 6 nitrogen and oxygen atoms in total. The van der Waals surface area contributed by atoms with E-state index in [-0.39, 0.29) is 0 Å². The number of nitrogen functional groups attached to an aromatic ring is 1. The molecule has 3 heterocycles. The summed E-state index contributed by atoms with van der Waals surface area (Å²) in [5.41, 5.74) is 8.60. The second-order valence-corrected chi connectivity index (χ2v) is 7.94. The van der Waals surface area contributed by atoms with E-state index in [2.05, 4.69) is 33.8 Å². The van der Waals surface area contributed by atoms with E-state index in [0.717, 1.165) is 17.3 Å². The molecule has 2 aliphatic rings. The number of nitrogens with zero attached hydrogens (tertiary/aromatic N) is 4. The standard InChI is InChI=1S/C21H31N5O/c1-24-10-5-17(6-11-24)25-12-7-18(8-13-25)26-14-9-20(23-26)16-3-4-19(22)21(15-16)27-2/h3-4,9,14-15,17-18H,5-8,10-13,22H2,1-2H3. The lowest BCUT2D eigenvalue weighted by Gasteiger charge is -2.41. The Balaban J connectivity index is 1.38. The Morgan fingerprint density at radius 3 is 2.41 bits per heavy atom. The van der Waals surface area contributed by atoms with E-state index in [1.54, 1.807) is 7.11 Å². The molecular formula is C21H31N5O. The summed E-state index contributed by atoms with van der Waals surface area (Å²) in [6.45, 7) is 4.84. The van der Waals surface area contributed by atoms with Crippen molar-refractivity contribution in [2.24, 2.45) is 0 Å². The molecule has 0 atom stereocenters. The molecule has 0 spiro atoms. The van der Waals surface area contributed by atoms with Gasteiger partial charge in [0.15, 0.2) is 0 Å². The number of benzene rings is 1. The zero-order valence-electron chi connectivity index (χ0n) is 16.5. The Morgan fingerprint density at radius 1 is 1.00 bits per heavy atom. The maximum atomic E-state index is 5.92. The fourth-order valence-corrected chi connectivity index (χ4v) is 4.44. The van der Waals surface area contributed by atoms with E-state index in [1.807, 2.05) is 18.2 Å². The number of anilines is 1. The highest BCUT2D eigenvalue weighted by Crippen LogP contribution is 2.30. The van der Waals surface area contributed by atoms with Crippen molar-refractivity contribution < 1.29 is 4.74 Å². The second-order valence-electron chi connectivity index (χ2n) is 7.94. The van der Waals surface area contributed by atoms with Gasteiger partial charge in [0.25, 0.3) is 0 Å². The number of likely N-dealkylation sites (tertiary alicyclic amines) is 2. The molecular weight excluding hydrogens is 338 g/mol. The van der Waals surface area contributed by atoms with Crippen molar-refractivity contribution in [3.63, 3.8) is 0 Å². The number of hydrogen-bond acceptors (Lipinski definition) is 5. The second kappa shape index (κ2) is 7.90. The Hall–Kier alpha value is -2.05. The maximum Gasteiger partial charge on any atom is 0.142 e. The highest BCUT2D eigenvalue weighted by atomic mass is 16.5. The topological polar surface area (TPSA) is 59.5 Å². The van der Waals surface area contributed by atoms with Gasteiger partial charge >= 0.3 is 0 Å². The lowest BCUT2D eigenvalue weighted by Crippen LogP contribution is -2.47. The lowest BCUT2D eigenvalue weighted by atomic mass is 9.98. The number of ether oxygens (including phenoxy) is 1. The summed E-state index contributed by atoms with van der Waals surface area (Å²) in [5, 5.41) is 4.85. The fourth-order valence-electron chi connectivity index (χ4n) is 4.44. The first-order valence-electron chi connectivity index (χ1n) is 10.1. The first-order valence-corrected chi connectivity index (χ1v) is 10.1. The summed E-state index contributed by atoms with van der Waals surface area (Å²) in [7, 11) is 3.88. The molecule has 0 unspecified atom stereocenters. The predicted octanol–water partition coefficient (Wildman–Crippen LogP) is 2.87. The molecule has 2 aromatic rings. The monoisotopic (exact) mass is 369 g/mol. The molecule has 2 aliphatic heterocycles. The highest BCUT2D eigenvalue weighted by molar-refractivity contribution is 5.67. The van der Waals surface area contributed by atoms with Gasteiger partial charge in [0.1, 0.15) is 5.75 Å². The van der Waals surface area contributed by atoms with E-state index >= 15 is 0 Å². The average molecular weight is 370 g/mol. The number of aromatic nitrogens is 2. The van der Waals surface area contributed by atoms with Crippen molar-refractivity contribution in [2.75, 3.05) is 46.1 Å². The molecule has 0 bridgehead atoms. The molecule has 0 amide bonds. The van der Waals surface area contributed by atoms with E-state index in [4.69, 9.17) is 15.6 Å². The summed E-state index contributed by atoms with van der Waals surface area (Å²) in [6.07, 6.45) is 7.10. The van der Waals surface area contributed by atoms with Crippen molar-refractivity contribution in [1.82, 2.24) is 19.6 Å². The molecule has 2 N–H and O–H groups in total. The molecule has 0 radical (unpaired) electrons. The number of rotatable bonds is 4. The van der Waals surface area contributed by atoms with E-state index < -0.39 is 0 Å². The largest absolute Gasteiger partial charge is 0.495 e. The van der Waals surface area contributed by atoms with Crippen LogP contribution in [0.4, 0.5) is 5.69 Å². The van der Waals surface area contributed by atoms with Crippen molar-refractivity contribution in [2.45, 2.75) is 37.8 Å². The molecule has 27 heavy (non-hydrogen) atoms. The van der Waals surface area contributed by atoms with Gasteiger partial charge in [-0.15, -0.1) is 0 Å². The third-order valence-electron chi connectivity index (χ3n) is 6.22. The molecule has 0 saturated carbocycles. The van der Waals surface area contributed by atoms with E-state index in [1.165, 1.54) is 51.9 Å². The number of piperidine rings is 2. The molecule has 0 aliphatic carbocycles. The Kier molecular flexibility index (Phi) is 5.36. The van der Waals surface area contributed by atoms with Gasteiger partial charge in [-0.25, -0.2) is 0 Å². The minimum absolute atomic E-state index is 0.497. The lowest BCUT2D eigenvalue weighted by molar-refractivity contribution is 0.0852. The normalized spacial score (nSPS) is 20.8. The van der Waals surface area contributed by atoms with Crippen LogP contribution in [0.25, 0.3) is 11.3 Å². The van der Waals surface area contributed by atoms with Crippen molar-refractivity contribution in [1.29, 1.82) is 0 Å². The number of nitrogens with two attached hydrogens (primary N) is 1. The van der Waals surface area contributed by atoms with Gasteiger partial charge < -0.3 is 20.3 Å². The van der Waals surface area contributed by atoms with Gasteiger partial charge in [0.2, 0.25) is 0 Å². The van der Waals surface area contributed by atoms with Crippen LogP contribution in [0.1, 0.15) is 31.7 Å². The summed E-state index contributed by atoms with van der Waals surface area (Å²) in [6, 6.07) is 9.22. The van der Waals surface area contributed by atoms with Gasteiger partial charge in [-0.1, -0.05) is 6.07 Å². The zero-order valence-corrected chi connectivity index (χ0v) is 16.5. The van der Waals surface area contributed by atoms with E-state index in [0.29, 0.717) is 17.5 Å². The fraction of sp³-hybridized carbons (Fsp3) is 0.571. The quantitative estimate of drug-likeness (QED) is 0.840. The summed E-state index contributed by atoms with van der Waals surface area (Å²) in [5.74, 6) is 0.702. The van der Waals surface area contributed by atoms with Crippen molar-refractivity contribution >= 4 is 5.69 Å². The minimum Gasteiger partial charge on any atom is -0.495 e. The van der Waals surface area contributed by atoms with Gasteiger partial charge in [-0.3, -0.25) is 4.68 Å². The minimum atomic E-state index is 0.497. The van der Waals surface area contributed by atoms with E-state index in [9.17, 15) is 0 Å². The summed E-state index contributed by atoms with van der Waals surface area (Å²) in [4.78, 5) is 5.15. The highest BCUT2D eigenvalue weighted by Gasteiger charge is 2.28. The van der Waals surface area contributed by atoms with Crippen LogP contribution < -0.4 is 10.5 Å². The molecule has 2 saturated heterocycles. The molecule has 4 rings (SSSR count). The smallest absolute Gasteiger partial charge is 0.142 e. The first kappa shape index (κ1) is 18.3. The Bertz CT molecular complexity index is 758. The molecule has 2 fully saturated rings. The molecule has 6 heteroatoms. The van der Waals surface area contributed by atoms with Crippen LogP contribution in [-0.4, -0.2) is 66.0 Å². The predicted molar refractivity (Wildman–Crippen MR) is 109 cm³/mol. The summed E-state index contributed by atoms with van der Waals surface area (Å²) >= 11 is 0. The zero-order chi connectivity index (χ0) is 18.8. The van der Waals surface area contributed by atoms with Crippen LogP contribution in [0.3, 0.4) is 0 Å². The van der Waals surface area contributed by atoms with Crippen LogP contribution in [0.15, 0.2) is 30.5 Å². The Labute approximate surface area is 161 Å². The van der Waals surface area contributed by atoms with Crippen molar-refractivity contribution in [3.05, 3.63) is 30.5 Å². The summed E-state index contributed by atoms with van der Waals surface area (Å²) < 4.78 is 7.50. The van der Waals surface area contributed by atoms with Crippen LogP contribution in [0.5, 0.6) is 5.75 Å². The Morgan fingerprint density at radius 2 is 1.70 bits per heavy atom. The van der Waals surface area contributed by atoms with Gasteiger partial charge in [0, 0.05) is 30.9 Å². The average Bonchev–Trinajstić information content (AvgIpc) is 3.19. The van der Waals surface area contributed by atoms with Crippen LogP contribution in [0, 0.1) is 0 Å². The third-order valence-corrected chi connectivity index (χ3v) is 6.22. The third kappa shape index (κ3) is 3.96. The van der Waals surface area contributed by atoms with Gasteiger partial charge in [0.05, 0.1) is 24.5 Å². The number of methoxy groups -OCH3 is 1.